The standard InChI is InChI=1S/C16H23ClN2OS/c1-11(18)14-8-5-6-10-19(14)16(20)12(2)21-15-9-4-3-7-13(15)17/h3-4,7,9,11-12,14H,5-6,8,10,18H2,1-2H3. The van der Waals surface area contributed by atoms with Crippen molar-refractivity contribution >= 4 is 29.3 Å². The van der Waals surface area contributed by atoms with Gasteiger partial charge in [-0.1, -0.05) is 23.7 Å². The van der Waals surface area contributed by atoms with Gasteiger partial charge in [0, 0.05) is 23.5 Å². The van der Waals surface area contributed by atoms with Crippen LogP contribution in [-0.4, -0.2) is 34.7 Å². The number of amides is 1. The van der Waals surface area contributed by atoms with Crippen molar-refractivity contribution in [2.75, 3.05) is 6.54 Å². The maximum atomic E-state index is 12.7. The Bertz CT molecular complexity index is 495. The highest BCUT2D eigenvalue weighted by Crippen LogP contribution is 2.32. The first-order valence-corrected chi connectivity index (χ1v) is 8.73. The van der Waals surface area contributed by atoms with E-state index in [9.17, 15) is 4.79 Å². The van der Waals surface area contributed by atoms with Crippen LogP contribution in [0.2, 0.25) is 5.02 Å². The lowest BCUT2D eigenvalue weighted by atomic mass is 9.96. The molecule has 2 rings (SSSR count). The third kappa shape index (κ3) is 4.15. The van der Waals surface area contributed by atoms with Gasteiger partial charge < -0.3 is 10.6 Å². The first-order valence-electron chi connectivity index (χ1n) is 7.48. The normalized spacial score (nSPS) is 21.9. The number of halogens is 1. The highest BCUT2D eigenvalue weighted by atomic mass is 35.5. The molecule has 1 fully saturated rings. The van der Waals surface area contributed by atoms with Crippen LogP contribution in [-0.2, 0) is 4.79 Å². The zero-order valence-corrected chi connectivity index (χ0v) is 14.2. The second kappa shape index (κ2) is 7.52. The summed E-state index contributed by atoms with van der Waals surface area (Å²) in [5, 5.41) is 0.550. The monoisotopic (exact) mass is 326 g/mol. The highest BCUT2D eigenvalue weighted by molar-refractivity contribution is 8.00. The lowest BCUT2D eigenvalue weighted by Gasteiger charge is -2.39. The van der Waals surface area contributed by atoms with E-state index in [-0.39, 0.29) is 23.2 Å². The molecule has 0 aliphatic carbocycles. The SMILES string of the molecule is CC(Sc1ccccc1Cl)C(=O)N1CCCCC1C(C)N. The minimum atomic E-state index is -0.149. The molecule has 0 radical (unpaired) electrons. The molecule has 0 spiro atoms. The van der Waals surface area contributed by atoms with Crippen LogP contribution in [0.1, 0.15) is 33.1 Å². The Balaban J connectivity index is 2.06. The van der Waals surface area contributed by atoms with E-state index in [0.717, 1.165) is 30.7 Å². The van der Waals surface area contributed by atoms with Crippen molar-refractivity contribution in [2.45, 2.75) is 55.3 Å². The number of piperidine rings is 1. The topological polar surface area (TPSA) is 46.3 Å². The molecule has 1 aromatic rings. The molecule has 1 saturated heterocycles. The molecular formula is C16H23ClN2OS. The summed E-state index contributed by atoms with van der Waals surface area (Å²) in [6.07, 6.45) is 3.23. The van der Waals surface area contributed by atoms with Crippen LogP contribution in [0.25, 0.3) is 0 Å². The van der Waals surface area contributed by atoms with Crippen molar-refractivity contribution < 1.29 is 4.79 Å². The fraction of sp³-hybridized carbons (Fsp3) is 0.562. The first-order chi connectivity index (χ1) is 10.0. The van der Waals surface area contributed by atoms with Gasteiger partial charge in [0.1, 0.15) is 0 Å². The predicted molar refractivity (Wildman–Crippen MR) is 89.8 cm³/mol. The second-order valence-electron chi connectivity index (χ2n) is 5.64. The largest absolute Gasteiger partial charge is 0.337 e. The third-order valence-corrected chi connectivity index (χ3v) is 5.53. The molecule has 21 heavy (non-hydrogen) atoms. The predicted octanol–water partition coefficient (Wildman–Crippen LogP) is 3.55. The van der Waals surface area contributed by atoms with Crippen LogP contribution < -0.4 is 5.73 Å². The van der Waals surface area contributed by atoms with E-state index in [4.69, 9.17) is 17.3 Å². The summed E-state index contributed by atoms with van der Waals surface area (Å²) < 4.78 is 0. The number of hydrogen-bond acceptors (Lipinski definition) is 3. The van der Waals surface area contributed by atoms with Crippen molar-refractivity contribution in [3.63, 3.8) is 0 Å². The maximum Gasteiger partial charge on any atom is 0.236 e. The Labute approximate surface area is 136 Å². The van der Waals surface area contributed by atoms with Gasteiger partial charge in [-0.15, -0.1) is 11.8 Å². The van der Waals surface area contributed by atoms with Crippen molar-refractivity contribution in [1.29, 1.82) is 0 Å². The van der Waals surface area contributed by atoms with Crippen LogP contribution in [0.15, 0.2) is 29.2 Å². The maximum absolute atomic E-state index is 12.7. The minimum Gasteiger partial charge on any atom is -0.337 e. The average Bonchev–Trinajstić information content (AvgIpc) is 2.48. The number of rotatable bonds is 4. The molecule has 1 aromatic carbocycles. The van der Waals surface area contributed by atoms with E-state index in [2.05, 4.69) is 0 Å². The Morgan fingerprint density at radius 3 is 2.76 bits per heavy atom. The van der Waals surface area contributed by atoms with Crippen LogP contribution in [0.4, 0.5) is 0 Å². The van der Waals surface area contributed by atoms with Crippen molar-refractivity contribution in [2.24, 2.45) is 5.73 Å². The molecule has 0 aromatic heterocycles. The molecule has 1 aliphatic rings. The van der Waals surface area contributed by atoms with Crippen LogP contribution >= 0.6 is 23.4 Å². The zero-order chi connectivity index (χ0) is 15.4. The lowest BCUT2D eigenvalue weighted by Crippen LogP contribution is -2.53. The van der Waals surface area contributed by atoms with Crippen molar-refractivity contribution in [3.05, 3.63) is 29.3 Å². The van der Waals surface area contributed by atoms with Gasteiger partial charge in [-0.3, -0.25) is 4.79 Å². The Hall–Kier alpha value is -0.710. The molecule has 3 atom stereocenters. The molecule has 1 aliphatic heterocycles. The van der Waals surface area contributed by atoms with Gasteiger partial charge in [0.05, 0.1) is 10.3 Å². The number of carbonyl (C=O) groups is 1. The van der Waals surface area contributed by atoms with E-state index >= 15 is 0 Å². The molecular weight excluding hydrogens is 304 g/mol. The Kier molecular flexibility index (Phi) is 5.97. The number of nitrogens with two attached hydrogens (primary N) is 1. The quantitative estimate of drug-likeness (QED) is 0.861. The van der Waals surface area contributed by atoms with E-state index < -0.39 is 0 Å². The van der Waals surface area contributed by atoms with Gasteiger partial charge in [-0.25, -0.2) is 0 Å². The number of hydrogen-bond donors (Lipinski definition) is 1. The summed E-state index contributed by atoms with van der Waals surface area (Å²) in [5.41, 5.74) is 6.05. The molecule has 3 nitrogen and oxygen atoms in total. The Morgan fingerprint density at radius 2 is 2.10 bits per heavy atom. The van der Waals surface area contributed by atoms with Gasteiger partial charge in [-0.2, -0.15) is 0 Å². The summed E-state index contributed by atoms with van der Waals surface area (Å²) in [4.78, 5) is 15.7. The Morgan fingerprint density at radius 1 is 1.38 bits per heavy atom. The van der Waals surface area contributed by atoms with E-state index in [1.165, 1.54) is 11.8 Å². The van der Waals surface area contributed by atoms with Crippen LogP contribution in [0.5, 0.6) is 0 Å². The summed E-state index contributed by atoms with van der Waals surface area (Å²) in [6.45, 7) is 4.75. The number of nitrogens with zero attached hydrogens (tertiary/aromatic N) is 1. The summed E-state index contributed by atoms with van der Waals surface area (Å²) in [5.74, 6) is 0.168. The lowest BCUT2D eigenvalue weighted by molar-refractivity contribution is -0.134. The summed E-state index contributed by atoms with van der Waals surface area (Å²) in [7, 11) is 0. The molecule has 5 heteroatoms. The average molecular weight is 327 g/mol. The smallest absolute Gasteiger partial charge is 0.236 e. The minimum absolute atomic E-state index is 0.0202. The fourth-order valence-corrected chi connectivity index (χ4v) is 4.02. The molecule has 116 valence electrons. The highest BCUT2D eigenvalue weighted by Gasteiger charge is 2.32. The number of likely N-dealkylation sites (tertiary alicyclic amines) is 1. The zero-order valence-electron chi connectivity index (χ0n) is 12.6. The van der Waals surface area contributed by atoms with Crippen LogP contribution in [0, 0.1) is 0 Å². The van der Waals surface area contributed by atoms with Gasteiger partial charge in [0.2, 0.25) is 5.91 Å². The van der Waals surface area contributed by atoms with Gasteiger partial charge in [-0.05, 0) is 45.2 Å². The summed E-state index contributed by atoms with van der Waals surface area (Å²) >= 11 is 7.69. The fourth-order valence-electron chi connectivity index (χ4n) is 2.79. The molecule has 3 unspecified atom stereocenters. The third-order valence-electron chi connectivity index (χ3n) is 3.93. The molecule has 0 saturated carbocycles. The van der Waals surface area contributed by atoms with E-state index in [0.29, 0.717) is 5.02 Å². The molecule has 1 heterocycles. The molecule has 0 bridgehead atoms. The van der Waals surface area contributed by atoms with Crippen molar-refractivity contribution in [1.82, 2.24) is 4.90 Å². The first kappa shape index (κ1) is 16.7. The number of carbonyl (C=O) groups excluding carboxylic acids is 1. The number of benzene rings is 1. The van der Waals surface area contributed by atoms with Crippen LogP contribution in [0.3, 0.4) is 0 Å². The van der Waals surface area contributed by atoms with Crippen molar-refractivity contribution in [3.8, 4) is 0 Å². The van der Waals surface area contributed by atoms with E-state index in [1.54, 1.807) is 0 Å². The molecule has 2 N–H and O–H groups in total. The van der Waals surface area contributed by atoms with Gasteiger partial charge >= 0.3 is 0 Å². The van der Waals surface area contributed by atoms with E-state index in [1.807, 2.05) is 43.0 Å². The summed E-state index contributed by atoms with van der Waals surface area (Å²) in [6, 6.07) is 7.84. The second-order valence-corrected chi connectivity index (χ2v) is 7.43. The van der Waals surface area contributed by atoms with Gasteiger partial charge in [0.15, 0.2) is 0 Å². The molecule has 1 amide bonds. The number of thioether (sulfide) groups is 1. The van der Waals surface area contributed by atoms with Gasteiger partial charge in [0.25, 0.3) is 0 Å².